The molecule has 0 spiro atoms. The minimum absolute atomic E-state index is 0.263. The minimum atomic E-state index is -4.39. The lowest BCUT2D eigenvalue weighted by Gasteiger charge is -2.51. The zero-order valence-corrected chi connectivity index (χ0v) is 16.5. The van der Waals surface area contributed by atoms with Crippen LogP contribution in [0, 0.1) is 11.8 Å². The number of halogens is 3. The molecule has 5 rings (SSSR count). The highest BCUT2D eigenvalue weighted by atomic mass is 19.4. The molecule has 1 aromatic carbocycles. The topological polar surface area (TPSA) is 44.8 Å². The van der Waals surface area contributed by atoms with Crippen LogP contribution in [0.15, 0.2) is 24.3 Å². The Morgan fingerprint density at radius 3 is 2.48 bits per heavy atom. The quantitative estimate of drug-likeness (QED) is 0.809. The van der Waals surface area contributed by atoms with Crippen molar-refractivity contribution in [2.24, 2.45) is 11.8 Å². The molecule has 29 heavy (non-hydrogen) atoms. The number of nitrogens with one attached hydrogen (secondary N) is 1. The third-order valence-corrected chi connectivity index (χ3v) is 6.58. The SMILES string of the molecule is O=C(NC[C@H]1C[C@@H]2CCN1C[C@@H]2CN1CCOCC1)c1ccc(C(F)(F)F)cc1. The van der Waals surface area contributed by atoms with Gasteiger partial charge in [0.15, 0.2) is 0 Å². The van der Waals surface area contributed by atoms with Crippen molar-refractivity contribution in [2.75, 3.05) is 52.5 Å². The number of rotatable bonds is 5. The van der Waals surface area contributed by atoms with Gasteiger partial charge in [-0.3, -0.25) is 14.6 Å². The molecule has 4 heterocycles. The molecule has 4 atom stereocenters. The van der Waals surface area contributed by atoms with Gasteiger partial charge in [0, 0.05) is 44.3 Å². The molecule has 4 fully saturated rings. The lowest BCUT2D eigenvalue weighted by molar-refractivity contribution is -0.137. The molecule has 8 heteroatoms. The number of ether oxygens (including phenoxy) is 1. The van der Waals surface area contributed by atoms with Crippen LogP contribution >= 0.6 is 0 Å². The Kier molecular flexibility index (Phi) is 6.13. The summed E-state index contributed by atoms with van der Waals surface area (Å²) in [6.45, 7) is 7.44. The first-order valence-corrected chi connectivity index (χ1v) is 10.4. The van der Waals surface area contributed by atoms with Crippen LogP contribution in [0.4, 0.5) is 13.2 Å². The van der Waals surface area contributed by atoms with Crippen LogP contribution in [0.3, 0.4) is 0 Å². The van der Waals surface area contributed by atoms with Crippen molar-refractivity contribution < 1.29 is 22.7 Å². The van der Waals surface area contributed by atoms with Crippen molar-refractivity contribution in [3.8, 4) is 0 Å². The van der Waals surface area contributed by atoms with Crippen LogP contribution in [0.1, 0.15) is 28.8 Å². The predicted octanol–water partition coefficient (Wildman–Crippen LogP) is 2.48. The number of benzene rings is 1. The van der Waals surface area contributed by atoms with Crippen molar-refractivity contribution in [2.45, 2.75) is 25.1 Å². The second-order valence-electron chi connectivity index (χ2n) is 8.39. The molecule has 160 valence electrons. The Balaban J connectivity index is 1.27. The van der Waals surface area contributed by atoms with Crippen LogP contribution in [0.25, 0.3) is 0 Å². The monoisotopic (exact) mass is 411 g/mol. The minimum Gasteiger partial charge on any atom is -0.379 e. The van der Waals surface area contributed by atoms with Gasteiger partial charge in [0.05, 0.1) is 18.8 Å². The first-order valence-electron chi connectivity index (χ1n) is 10.4. The Morgan fingerprint density at radius 1 is 1.14 bits per heavy atom. The highest BCUT2D eigenvalue weighted by Crippen LogP contribution is 2.36. The van der Waals surface area contributed by atoms with Crippen molar-refractivity contribution in [1.29, 1.82) is 0 Å². The normalized spacial score (nSPS) is 30.3. The van der Waals surface area contributed by atoms with Gasteiger partial charge < -0.3 is 10.1 Å². The molecule has 2 bridgehead atoms. The maximum atomic E-state index is 12.7. The zero-order valence-electron chi connectivity index (χ0n) is 16.5. The summed E-state index contributed by atoms with van der Waals surface area (Å²) >= 11 is 0. The largest absolute Gasteiger partial charge is 0.416 e. The third-order valence-electron chi connectivity index (χ3n) is 6.58. The average Bonchev–Trinajstić information content (AvgIpc) is 2.73. The molecule has 0 saturated carbocycles. The van der Waals surface area contributed by atoms with E-state index in [1.54, 1.807) is 0 Å². The smallest absolute Gasteiger partial charge is 0.379 e. The van der Waals surface area contributed by atoms with E-state index in [9.17, 15) is 18.0 Å². The fraction of sp³-hybridized carbons (Fsp3) is 0.667. The Labute approximate surface area is 169 Å². The number of hydrogen-bond acceptors (Lipinski definition) is 4. The van der Waals surface area contributed by atoms with E-state index < -0.39 is 11.7 Å². The second-order valence-corrected chi connectivity index (χ2v) is 8.39. The van der Waals surface area contributed by atoms with E-state index in [4.69, 9.17) is 4.74 Å². The molecule has 0 aliphatic carbocycles. The summed E-state index contributed by atoms with van der Waals surface area (Å²) in [5.41, 5.74) is -0.477. The zero-order chi connectivity index (χ0) is 20.4. The van der Waals surface area contributed by atoms with Crippen LogP contribution < -0.4 is 5.32 Å². The number of amides is 1. The molecule has 1 unspecified atom stereocenters. The predicted molar refractivity (Wildman–Crippen MR) is 103 cm³/mol. The average molecular weight is 411 g/mol. The highest BCUT2D eigenvalue weighted by molar-refractivity contribution is 5.94. The number of carbonyl (C=O) groups excluding carboxylic acids is 1. The first kappa shape index (κ1) is 20.6. The standard InChI is InChI=1S/C21H28F3N3O2/c22-21(23,24)18-3-1-15(2-4-18)20(28)25-12-19-11-16-5-6-27(19)14-17(16)13-26-7-9-29-10-8-26/h1-4,16-17,19H,5-14H2,(H,25,28)/t16-,17-,19+/m0/s1. The van der Waals surface area contributed by atoms with Crippen molar-refractivity contribution in [3.05, 3.63) is 35.4 Å². The van der Waals surface area contributed by atoms with Crippen molar-refractivity contribution in [1.82, 2.24) is 15.1 Å². The van der Waals surface area contributed by atoms with Crippen LogP contribution in [0.5, 0.6) is 0 Å². The van der Waals surface area contributed by atoms with Crippen LogP contribution in [-0.4, -0.2) is 74.2 Å². The van der Waals surface area contributed by atoms with Crippen molar-refractivity contribution in [3.63, 3.8) is 0 Å². The van der Waals surface area contributed by atoms with Gasteiger partial charge >= 0.3 is 6.18 Å². The third kappa shape index (κ3) is 4.92. The van der Waals surface area contributed by atoms with Crippen LogP contribution in [0.2, 0.25) is 0 Å². The van der Waals surface area contributed by atoms with Gasteiger partial charge in [0.1, 0.15) is 0 Å². The molecule has 4 saturated heterocycles. The fourth-order valence-corrected chi connectivity index (χ4v) is 4.91. The van der Waals surface area contributed by atoms with E-state index in [2.05, 4.69) is 15.1 Å². The van der Waals surface area contributed by atoms with Crippen molar-refractivity contribution >= 4 is 5.91 Å². The van der Waals surface area contributed by atoms with Gasteiger partial charge in [0.25, 0.3) is 5.91 Å². The van der Waals surface area contributed by atoms with Gasteiger partial charge in [-0.2, -0.15) is 13.2 Å². The molecule has 5 nitrogen and oxygen atoms in total. The van der Waals surface area contributed by atoms with E-state index >= 15 is 0 Å². The maximum Gasteiger partial charge on any atom is 0.416 e. The van der Waals surface area contributed by atoms with E-state index in [-0.39, 0.29) is 11.5 Å². The summed E-state index contributed by atoms with van der Waals surface area (Å²) in [5, 5.41) is 2.92. The summed E-state index contributed by atoms with van der Waals surface area (Å²) in [7, 11) is 0. The molecule has 1 aromatic rings. The lowest BCUT2D eigenvalue weighted by Crippen LogP contribution is -2.58. The molecule has 1 amide bonds. The molecule has 1 N–H and O–H groups in total. The Bertz CT molecular complexity index is 704. The molecular weight excluding hydrogens is 383 g/mol. The number of piperidine rings is 3. The van der Waals surface area contributed by atoms with E-state index in [0.29, 0.717) is 24.4 Å². The number of nitrogens with zero attached hydrogens (tertiary/aromatic N) is 2. The number of fused-ring (bicyclic) bond motifs is 3. The number of morpholine rings is 1. The molecular formula is C21H28F3N3O2. The van der Waals surface area contributed by atoms with E-state index in [1.807, 2.05) is 0 Å². The first-order chi connectivity index (χ1) is 13.9. The van der Waals surface area contributed by atoms with Gasteiger partial charge in [-0.25, -0.2) is 0 Å². The number of alkyl halides is 3. The number of carbonyl (C=O) groups is 1. The van der Waals surface area contributed by atoms with E-state index in [0.717, 1.165) is 64.5 Å². The maximum absolute atomic E-state index is 12.7. The molecule has 4 aliphatic rings. The summed E-state index contributed by atoms with van der Waals surface area (Å²) < 4.78 is 43.4. The Morgan fingerprint density at radius 2 is 1.86 bits per heavy atom. The Hall–Kier alpha value is -1.64. The summed E-state index contributed by atoms with van der Waals surface area (Å²) in [4.78, 5) is 17.3. The molecule has 0 aromatic heterocycles. The van der Waals surface area contributed by atoms with Gasteiger partial charge in [-0.1, -0.05) is 0 Å². The second kappa shape index (κ2) is 8.62. The molecule has 4 aliphatic heterocycles. The summed E-state index contributed by atoms with van der Waals surface area (Å²) in [6, 6.07) is 4.70. The fourth-order valence-electron chi connectivity index (χ4n) is 4.91. The van der Waals surface area contributed by atoms with Gasteiger partial charge in [0.2, 0.25) is 0 Å². The van der Waals surface area contributed by atoms with Gasteiger partial charge in [-0.05, 0) is 55.5 Å². The highest BCUT2D eigenvalue weighted by Gasteiger charge is 2.40. The van der Waals surface area contributed by atoms with Crippen LogP contribution in [-0.2, 0) is 10.9 Å². The molecule has 0 radical (unpaired) electrons. The van der Waals surface area contributed by atoms with E-state index in [1.165, 1.54) is 18.6 Å². The number of hydrogen-bond donors (Lipinski definition) is 1. The summed E-state index contributed by atoms with van der Waals surface area (Å²) in [6.07, 6.45) is -2.11. The van der Waals surface area contributed by atoms with Gasteiger partial charge in [-0.15, -0.1) is 0 Å². The summed E-state index contributed by atoms with van der Waals surface area (Å²) in [5.74, 6) is 1.03. The lowest BCUT2D eigenvalue weighted by atomic mass is 9.75.